The molecule has 0 aliphatic heterocycles. The summed E-state index contributed by atoms with van der Waals surface area (Å²) in [5.74, 6) is -0.360. The van der Waals surface area contributed by atoms with Crippen molar-refractivity contribution in [3.8, 4) is 5.88 Å². The molecule has 0 amide bonds. The highest BCUT2D eigenvalue weighted by molar-refractivity contribution is 5.97. The molecule has 1 N–H and O–H groups in total. The Hall–Kier alpha value is -1.58. The zero-order valence-electron chi connectivity index (χ0n) is 10.2. The molecule has 4 heteroatoms. The number of pyridine rings is 1. The number of carbonyl (C=O) groups excluding carboxylic acids is 1. The molecule has 92 valence electrons. The van der Waals surface area contributed by atoms with Gasteiger partial charge in [0.1, 0.15) is 0 Å². The van der Waals surface area contributed by atoms with E-state index in [1.807, 2.05) is 0 Å². The van der Waals surface area contributed by atoms with Gasteiger partial charge in [-0.25, -0.2) is 0 Å². The van der Waals surface area contributed by atoms with Gasteiger partial charge in [-0.1, -0.05) is 12.8 Å². The fourth-order valence-electron chi connectivity index (χ4n) is 2.68. The fourth-order valence-corrected chi connectivity index (χ4v) is 2.68. The molecule has 0 unspecified atom stereocenters. The maximum absolute atomic E-state index is 11.9. The lowest BCUT2D eigenvalue weighted by molar-refractivity contribution is 0.101. The van der Waals surface area contributed by atoms with Gasteiger partial charge >= 0.3 is 0 Å². The minimum atomic E-state index is -0.211. The van der Waals surface area contributed by atoms with E-state index in [9.17, 15) is 14.7 Å². The second-order valence-electron chi connectivity index (χ2n) is 4.73. The zero-order valence-corrected chi connectivity index (χ0v) is 10.2. The molecule has 1 aromatic rings. The number of nitrogens with zero attached hydrogens (tertiary/aromatic N) is 1. The Morgan fingerprint density at radius 1 is 1.41 bits per heavy atom. The van der Waals surface area contributed by atoms with Gasteiger partial charge < -0.3 is 5.11 Å². The van der Waals surface area contributed by atoms with Crippen LogP contribution in [-0.4, -0.2) is 15.5 Å². The summed E-state index contributed by atoms with van der Waals surface area (Å²) >= 11 is 0. The number of aromatic nitrogens is 1. The minimum absolute atomic E-state index is 0.0428. The van der Waals surface area contributed by atoms with Gasteiger partial charge in [-0.05, 0) is 32.3 Å². The largest absolute Gasteiger partial charge is 0.494 e. The standard InChI is InChI=1S/C13H17NO3/c1-8-7-11(16)14(10-5-3-4-6-10)13(17)12(8)9(2)15/h7,10,17H,3-6H2,1-2H3. The van der Waals surface area contributed by atoms with Gasteiger partial charge in [-0.15, -0.1) is 0 Å². The molecule has 0 radical (unpaired) electrons. The predicted molar refractivity (Wildman–Crippen MR) is 64.6 cm³/mol. The SMILES string of the molecule is CC(=O)c1c(C)cc(=O)n(C2CCCC2)c1O. The van der Waals surface area contributed by atoms with Crippen LogP contribution in [0.25, 0.3) is 0 Å². The lowest BCUT2D eigenvalue weighted by Gasteiger charge is -2.18. The van der Waals surface area contributed by atoms with Crippen LogP contribution in [0.3, 0.4) is 0 Å². The van der Waals surface area contributed by atoms with E-state index < -0.39 is 0 Å². The maximum atomic E-state index is 11.9. The highest BCUT2D eigenvalue weighted by Gasteiger charge is 2.24. The molecule has 0 saturated heterocycles. The van der Waals surface area contributed by atoms with Gasteiger partial charge in [0.25, 0.3) is 5.56 Å². The third kappa shape index (κ3) is 1.99. The van der Waals surface area contributed by atoms with Crippen LogP contribution < -0.4 is 5.56 Å². The summed E-state index contributed by atoms with van der Waals surface area (Å²) in [6.45, 7) is 3.09. The summed E-state index contributed by atoms with van der Waals surface area (Å²) in [5, 5.41) is 10.1. The van der Waals surface area contributed by atoms with Crippen LogP contribution in [-0.2, 0) is 0 Å². The van der Waals surface area contributed by atoms with Gasteiger partial charge in [-0.3, -0.25) is 14.2 Å². The van der Waals surface area contributed by atoms with Crippen molar-refractivity contribution in [3.05, 3.63) is 27.5 Å². The monoisotopic (exact) mass is 235 g/mol. The minimum Gasteiger partial charge on any atom is -0.494 e. The van der Waals surface area contributed by atoms with Crippen molar-refractivity contribution in [3.63, 3.8) is 0 Å². The number of rotatable bonds is 2. The molecule has 1 aliphatic carbocycles. The van der Waals surface area contributed by atoms with E-state index >= 15 is 0 Å². The molecule has 0 spiro atoms. The van der Waals surface area contributed by atoms with Crippen molar-refractivity contribution >= 4 is 5.78 Å². The predicted octanol–water partition coefficient (Wildman–Crippen LogP) is 2.18. The van der Waals surface area contributed by atoms with Crippen molar-refractivity contribution in [2.75, 3.05) is 0 Å². The van der Waals surface area contributed by atoms with Crippen molar-refractivity contribution in [1.29, 1.82) is 0 Å². The average molecular weight is 235 g/mol. The van der Waals surface area contributed by atoms with Gasteiger partial charge in [0.2, 0.25) is 5.88 Å². The van der Waals surface area contributed by atoms with Gasteiger partial charge in [0.05, 0.1) is 5.56 Å². The summed E-state index contributed by atoms with van der Waals surface area (Å²) in [5.41, 5.74) is 0.614. The van der Waals surface area contributed by atoms with E-state index in [2.05, 4.69) is 0 Å². The summed E-state index contributed by atoms with van der Waals surface area (Å²) < 4.78 is 1.39. The number of hydrogen-bond donors (Lipinski definition) is 1. The molecular weight excluding hydrogens is 218 g/mol. The third-order valence-electron chi connectivity index (χ3n) is 3.47. The van der Waals surface area contributed by atoms with E-state index in [4.69, 9.17) is 0 Å². The molecule has 1 aromatic heterocycles. The number of aromatic hydroxyl groups is 1. The van der Waals surface area contributed by atoms with E-state index in [-0.39, 0.29) is 28.8 Å². The van der Waals surface area contributed by atoms with Crippen molar-refractivity contribution in [1.82, 2.24) is 4.57 Å². The number of carbonyl (C=O) groups is 1. The van der Waals surface area contributed by atoms with Crippen molar-refractivity contribution < 1.29 is 9.90 Å². The van der Waals surface area contributed by atoms with Crippen LogP contribution in [0.1, 0.15) is 54.6 Å². The molecule has 1 saturated carbocycles. The highest BCUT2D eigenvalue weighted by Crippen LogP contribution is 2.32. The topological polar surface area (TPSA) is 59.3 Å². The molecule has 1 aliphatic rings. The number of hydrogen-bond acceptors (Lipinski definition) is 3. The molecule has 0 atom stereocenters. The van der Waals surface area contributed by atoms with Crippen LogP contribution in [0.15, 0.2) is 10.9 Å². The molecule has 0 bridgehead atoms. The summed E-state index contributed by atoms with van der Waals surface area (Å²) in [6, 6.07) is 1.48. The molecule has 17 heavy (non-hydrogen) atoms. The first-order chi connectivity index (χ1) is 8.02. The van der Waals surface area contributed by atoms with Crippen molar-refractivity contribution in [2.45, 2.75) is 45.6 Å². The van der Waals surface area contributed by atoms with E-state index in [1.165, 1.54) is 17.6 Å². The third-order valence-corrected chi connectivity index (χ3v) is 3.47. The Morgan fingerprint density at radius 3 is 2.53 bits per heavy atom. The summed E-state index contributed by atoms with van der Waals surface area (Å²) in [7, 11) is 0. The first kappa shape index (κ1) is 11.9. The van der Waals surface area contributed by atoms with E-state index in [0.29, 0.717) is 5.56 Å². The van der Waals surface area contributed by atoms with E-state index in [0.717, 1.165) is 25.7 Å². The van der Waals surface area contributed by atoms with Crippen LogP contribution >= 0.6 is 0 Å². The Bertz CT molecular complexity index is 510. The lowest BCUT2D eigenvalue weighted by Crippen LogP contribution is -2.25. The fraction of sp³-hybridized carbons (Fsp3) is 0.538. The maximum Gasteiger partial charge on any atom is 0.253 e. The summed E-state index contributed by atoms with van der Waals surface area (Å²) in [6.07, 6.45) is 3.93. The van der Waals surface area contributed by atoms with Crippen LogP contribution in [0.4, 0.5) is 0 Å². The van der Waals surface area contributed by atoms with Gasteiger partial charge in [-0.2, -0.15) is 0 Å². The quantitative estimate of drug-likeness (QED) is 0.799. The van der Waals surface area contributed by atoms with E-state index in [1.54, 1.807) is 6.92 Å². The lowest BCUT2D eigenvalue weighted by atomic mass is 10.1. The second kappa shape index (κ2) is 4.35. The second-order valence-corrected chi connectivity index (χ2v) is 4.73. The number of ketones is 1. The molecule has 1 fully saturated rings. The molecule has 0 aromatic carbocycles. The first-order valence-corrected chi connectivity index (χ1v) is 5.98. The Morgan fingerprint density at radius 2 is 2.00 bits per heavy atom. The van der Waals surface area contributed by atoms with Crippen LogP contribution in [0.5, 0.6) is 5.88 Å². The number of aryl methyl sites for hydroxylation is 1. The molecule has 2 rings (SSSR count). The first-order valence-electron chi connectivity index (χ1n) is 5.98. The van der Waals surface area contributed by atoms with Gasteiger partial charge in [0.15, 0.2) is 5.78 Å². The smallest absolute Gasteiger partial charge is 0.253 e. The molecular formula is C13H17NO3. The Kier molecular flexibility index (Phi) is 3.05. The highest BCUT2D eigenvalue weighted by atomic mass is 16.3. The van der Waals surface area contributed by atoms with Gasteiger partial charge in [0, 0.05) is 12.1 Å². The molecule has 4 nitrogen and oxygen atoms in total. The average Bonchev–Trinajstić information content (AvgIpc) is 2.69. The van der Waals surface area contributed by atoms with Crippen LogP contribution in [0.2, 0.25) is 0 Å². The zero-order chi connectivity index (χ0) is 12.6. The molecule has 1 heterocycles. The normalized spacial score (nSPS) is 16.4. The number of Topliss-reactive ketones (excluding diaryl/α,β-unsaturated/α-hetero) is 1. The van der Waals surface area contributed by atoms with Crippen LogP contribution in [0, 0.1) is 6.92 Å². The van der Waals surface area contributed by atoms with Crippen molar-refractivity contribution in [2.24, 2.45) is 0 Å². The summed E-state index contributed by atoms with van der Waals surface area (Å²) in [4.78, 5) is 23.4. The Balaban J connectivity index is 2.62. The Labute approximate surface area is 99.9 Å².